The lowest BCUT2D eigenvalue weighted by molar-refractivity contribution is 0.744. The topological polar surface area (TPSA) is 9.86 Å². The third-order valence-electron chi connectivity index (χ3n) is 15.8. The van der Waals surface area contributed by atoms with E-state index < -0.39 is 5.41 Å². The Balaban J connectivity index is 1.33. The fourth-order valence-corrected chi connectivity index (χ4v) is 11.4. The van der Waals surface area contributed by atoms with Gasteiger partial charge in [0.05, 0.1) is 10.9 Å². The Hall–Kier alpha value is -5.86. The molecule has 0 aliphatic carbocycles. The molecule has 0 amide bonds. The van der Waals surface area contributed by atoms with Gasteiger partial charge < -0.3 is 9.13 Å². The fraction of sp³-hybridized carbons (Fsp3) is 0.0204. The predicted octanol–water partition coefficient (Wildman–Crippen LogP) is -8.64. The van der Waals surface area contributed by atoms with E-state index in [4.69, 9.17) is 0 Å². The van der Waals surface area contributed by atoms with E-state index in [0.29, 0.717) is 0 Å². The van der Waals surface area contributed by atoms with Crippen molar-refractivity contribution in [3.63, 3.8) is 0 Å². The minimum absolute atomic E-state index is 0.557. The van der Waals surface area contributed by atoms with Crippen LogP contribution in [-0.2, 0) is 5.41 Å². The molecule has 63 heavy (non-hydrogen) atoms. The molecule has 0 aliphatic heterocycles. The lowest BCUT2D eigenvalue weighted by Crippen LogP contribution is -2.49. The molecular weight excluding hydrogens is 746 g/mol. The van der Waals surface area contributed by atoms with Gasteiger partial charge in [-0.3, -0.25) is 0 Å². The molecule has 2 heterocycles. The van der Waals surface area contributed by atoms with Crippen molar-refractivity contribution >= 4 is 203 Å². The average Bonchev–Trinajstić information content (AvgIpc) is 3.86. The van der Waals surface area contributed by atoms with Crippen molar-refractivity contribution in [2.45, 2.75) is 5.41 Å². The van der Waals surface area contributed by atoms with Crippen LogP contribution in [0.25, 0.3) is 55.0 Å². The van der Waals surface area contributed by atoms with Crippen LogP contribution < -0.4 is 65.6 Å². The molecule has 0 saturated heterocycles. The van der Waals surface area contributed by atoms with Gasteiger partial charge in [0.2, 0.25) is 0 Å². The summed E-state index contributed by atoms with van der Waals surface area (Å²) in [5.74, 6) is 0. The van der Waals surface area contributed by atoms with E-state index in [1.807, 2.05) is 0 Å². The molecule has 2 nitrogen and oxygen atoms in total. The van der Waals surface area contributed by atoms with Gasteiger partial charge in [-0.1, -0.05) is 152 Å². The summed E-state index contributed by atoms with van der Waals surface area (Å²) in [6.45, 7) is 0. The van der Waals surface area contributed by atoms with Gasteiger partial charge in [0.15, 0.2) is 0 Å². The maximum Gasteiger partial charge on any atom is 0.141 e. The number of benzene rings is 8. The molecule has 10 rings (SSSR count). The van der Waals surface area contributed by atoms with Gasteiger partial charge in [0.25, 0.3) is 0 Å². The summed E-state index contributed by atoms with van der Waals surface area (Å²) in [6, 6.07) is 49.9. The van der Waals surface area contributed by atoms with Gasteiger partial charge in [-0.2, -0.15) is 0 Å². The number of rotatable bonds is 6. The lowest BCUT2D eigenvalue weighted by atomic mass is 9.63. The molecule has 0 saturated carbocycles. The number of nitrogens with zero attached hydrogens (tertiary/aromatic N) is 2. The summed E-state index contributed by atoms with van der Waals surface area (Å²) in [6.07, 6.45) is 0. The second-order valence-corrected chi connectivity index (χ2v) is 18.4. The summed E-state index contributed by atoms with van der Waals surface area (Å²) in [5, 5.41) is 5.40. The van der Waals surface area contributed by atoms with E-state index >= 15 is 0 Å². The first-order valence-electron chi connectivity index (χ1n) is 22.6. The van der Waals surface area contributed by atoms with E-state index in [0.717, 1.165) is 5.69 Å². The van der Waals surface area contributed by atoms with E-state index in [9.17, 15) is 0 Å². The first kappa shape index (κ1) is 41.2. The van der Waals surface area contributed by atoms with Gasteiger partial charge in [-0.05, 0) is 63.4 Å². The van der Waals surface area contributed by atoms with Crippen molar-refractivity contribution < 1.29 is 0 Å². The van der Waals surface area contributed by atoms with Crippen molar-refractivity contribution in [2.75, 3.05) is 0 Å². The van der Waals surface area contributed by atoms with Crippen LogP contribution in [0.1, 0.15) is 22.3 Å². The van der Waals surface area contributed by atoms with Gasteiger partial charge >= 0.3 is 0 Å². The summed E-state index contributed by atoms with van der Waals surface area (Å²) in [4.78, 5) is 0. The summed E-state index contributed by atoms with van der Waals surface area (Å²) >= 11 is 0. The highest BCUT2D eigenvalue weighted by atomic mass is 15.0. The van der Waals surface area contributed by atoms with Crippen molar-refractivity contribution in [1.29, 1.82) is 0 Å². The highest BCUT2D eigenvalue weighted by Crippen LogP contribution is 2.46. The fourth-order valence-electron chi connectivity index (χ4n) is 11.4. The predicted molar refractivity (Wildman–Crippen MR) is 312 cm³/mol. The van der Waals surface area contributed by atoms with E-state index in [1.54, 1.807) is 0 Å². The molecule has 0 aliphatic rings. The van der Waals surface area contributed by atoms with Crippen molar-refractivity contribution in [3.05, 3.63) is 156 Å². The largest absolute Gasteiger partial charge is 0.310 e. The standard InChI is InChI=1S/C49H46B12N2/c50-34-31-29-22-28(63-47-32(35(51)38(54)41(57)44(47)60)33-36(52)39(55)42(58)45(61)48(33)63)19-20-30(29)62(46(31)43(59)40(56)37(34)53)27-18-10-17-26(21-27)49(23-11-4-1-5-12-23,24-13-6-2-7-14-24)25-15-8-3-9-16-25/h1-22H,50-61H2. The Morgan fingerprint density at radius 1 is 0.286 bits per heavy atom. The van der Waals surface area contributed by atoms with Crippen LogP contribution in [0.15, 0.2) is 133 Å². The molecule has 14 heteroatoms. The van der Waals surface area contributed by atoms with Crippen LogP contribution in [0, 0.1) is 0 Å². The quantitative estimate of drug-likeness (QED) is 0.117. The Morgan fingerprint density at radius 2 is 0.651 bits per heavy atom. The highest BCUT2D eigenvalue weighted by Gasteiger charge is 2.38. The molecule has 0 spiro atoms. The van der Waals surface area contributed by atoms with Crippen LogP contribution in [-0.4, -0.2) is 103 Å². The summed E-state index contributed by atoms with van der Waals surface area (Å²) < 4.78 is 5.19. The van der Waals surface area contributed by atoms with Crippen LogP contribution in [0.3, 0.4) is 0 Å². The van der Waals surface area contributed by atoms with Crippen LogP contribution in [0.5, 0.6) is 0 Å². The monoisotopic (exact) mass is 794 g/mol. The van der Waals surface area contributed by atoms with Crippen LogP contribution >= 0.6 is 0 Å². The molecule has 0 bridgehead atoms. The Morgan fingerprint density at radius 3 is 1.10 bits per heavy atom. The minimum atomic E-state index is -0.557. The molecule has 10 aromatic rings. The molecule has 0 radical (unpaired) electrons. The first-order valence-corrected chi connectivity index (χ1v) is 22.6. The molecule has 2 aromatic heterocycles. The maximum atomic E-state index is 2.62. The van der Waals surface area contributed by atoms with Crippen molar-refractivity contribution in [3.8, 4) is 11.4 Å². The SMILES string of the molecule is Bc1c(B)c(B)c2c(c1B)c1cc(-n3c4c(B)c(B)c(B)c(B)c4c4c(B)c(B)c(B)c(B)c43)ccc1n2-c1cccc(C(c2ccccc2)(c2ccccc2)c2ccccc2)c1. The third-order valence-corrected chi connectivity index (χ3v) is 15.8. The second-order valence-electron chi connectivity index (χ2n) is 18.4. The highest BCUT2D eigenvalue weighted by molar-refractivity contribution is 6.72. The van der Waals surface area contributed by atoms with E-state index in [2.05, 4.69) is 237 Å². The molecule has 0 N–H and O–H groups in total. The zero-order valence-electron chi connectivity index (χ0n) is 39.1. The Kier molecular flexibility index (Phi) is 9.90. The number of fused-ring (bicyclic) bond motifs is 6. The molecule has 8 aromatic carbocycles. The van der Waals surface area contributed by atoms with Crippen molar-refractivity contribution in [1.82, 2.24) is 9.13 Å². The van der Waals surface area contributed by atoms with Gasteiger partial charge in [0.1, 0.15) is 94.2 Å². The smallest absolute Gasteiger partial charge is 0.141 e. The lowest BCUT2D eigenvalue weighted by Gasteiger charge is -2.37. The number of aromatic nitrogens is 2. The average molecular weight is 793 g/mol. The van der Waals surface area contributed by atoms with Gasteiger partial charge in [-0.25, -0.2) is 0 Å². The molecule has 0 unspecified atom stereocenters. The summed E-state index contributed by atoms with van der Waals surface area (Å²) in [7, 11) is 27.8. The molecule has 0 atom stereocenters. The van der Waals surface area contributed by atoms with E-state index in [1.165, 1.54) is 137 Å². The normalized spacial score (nSPS) is 11.9. The molecular formula is C49H46B12N2. The molecule has 288 valence electrons. The van der Waals surface area contributed by atoms with Crippen LogP contribution in [0.2, 0.25) is 0 Å². The minimum Gasteiger partial charge on any atom is -0.310 e. The van der Waals surface area contributed by atoms with Gasteiger partial charge in [-0.15, -0.1) is 16.4 Å². The summed E-state index contributed by atoms with van der Waals surface area (Å²) in [5.41, 5.74) is 28.3. The zero-order valence-corrected chi connectivity index (χ0v) is 39.1. The zero-order chi connectivity index (χ0) is 44.2. The number of hydrogen-bond donors (Lipinski definition) is 0. The molecule has 0 fully saturated rings. The first-order chi connectivity index (χ1) is 30.3. The van der Waals surface area contributed by atoms with Crippen molar-refractivity contribution in [2.24, 2.45) is 0 Å². The van der Waals surface area contributed by atoms with E-state index in [-0.39, 0.29) is 0 Å². The Labute approximate surface area is 382 Å². The van der Waals surface area contributed by atoms with Gasteiger partial charge in [0, 0.05) is 38.7 Å². The number of hydrogen-bond acceptors (Lipinski definition) is 0. The Bertz CT molecular complexity index is 3350. The third kappa shape index (κ3) is 5.75. The second kappa shape index (κ2) is 15.2. The van der Waals surface area contributed by atoms with Crippen LogP contribution in [0.4, 0.5) is 0 Å². The maximum absolute atomic E-state index is 2.62.